The number of aryl methyl sites for hydroxylation is 2. The predicted molar refractivity (Wildman–Crippen MR) is 463 cm³/mol. The van der Waals surface area contributed by atoms with E-state index in [4.69, 9.17) is 14.2 Å². The molecule has 7 aromatic carbocycles. The van der Waals surface area contributed by atoms with Gasteiger partial charge in [0.1, 0.15) is 0 Å². The van der Waals surface area contributed by atoms with Gasteiger partial charge >= 0.3 is 17.9 Å². The summed E-state index contributed by atoms with van der Waals surface area (Å²) in [7, 11) is 2.84. The molecule has 0 aliphatic carbocycles. The first-order chi connectivity index (χ1) is 55.1. The first kappa shape index (κ1) is 76.5. The zero-order valence-corrected chi connectivity index (χ0v) is 65.7. The number of hydrogen-bond donors (Lipinski definition) is 0. The summed E-state index contributed by atoms with van der Waals surface area (Å²) in [5.41, 5.74) is 31.1. The first-order valence-corrected chi connectivity index (χ1v) is 39.1. The quantitative estimate of drug-likeness (QED) is 0.0590. The van der Waals surface area contributed by atoms with Gasteiger partial charge in [0.2, 0.25) is 0 Å². The van der Waals surface area contributed by atoms with Crippen molar-refractivity contribution >= 4 is 45.5 Å². The lowest BCUT2D eigenvalue weighted by Gasteiger charge is -2.18. The van der Waals surface area contributed by atoms with Gasteiger partial charge in [0.25, 0.3) is 0 Å². The molecule has 0 aliphatic heterocycles. The lowest BCUT2D eigenvalue weighted by Crippen LogP contribution is -2.17. The Morgan fingerprint density at radius 2 is 0.752 bits per heavy atom. The summed E-state index contributed by atoms with van der Waals surface area (Å²) in [4.78, 5) is 35.9. The van der Waals surface area contributed by atoms with Crippen molar-refractivity contribution in [1.82, 2.24) is 22.0 Å². The van der Waals surface area contributed by atoms with Gasteiger partial charge in [-0.25, -0.2) is 9.59 Å². The molecule has 113 heavy (non-hydrogen) atoms. The van der Waals surface area contributed by atoms with E-state index in [-0.39, 0.29) is 23.8 Å². The molecule has 0 saturated heterocycles. The van der Waals surface area contributed by atoms with Crippen molar-refractivity contribution < 1.29 is 28.6 Å². The minimum atomic E-state index is -0.362. The van der Waals surface area contributed by atoms with E-state index in [1.54, 1.807) is 24.3 Å². The lowest BCUT2D eigenvalue weighted by atomic mass is 9.88. The van der Waals surface area contributed by atoms with Crippen LogP contribution in [0.3, 0.4) is 0 Å². The summed E-state index contributed by atoms with van der Waals surface area (Å²) in [6, 6.07) is 94.9. The van der Waals surface area contributed by atoms with E-state index in [0.29, 0.717) is 29.6 Å². The van der Waals surface area contributed by atoms with Gasteiger partial charge in [-0.15, -0.1) is 0 Å². The van der Waals surface area contributed by atoms with Gasteiger partial charge in [0.15, 0.2) is 0 Å². The monoisotopic (exact) mass is 1490 g/mol. The van der Waals surface area contributed by atoms with Gasteiger partial charge in [0.05, 0.1) is 48.9 Å². The summed E-state index contributed by atoms with van der Waals surface area (Å²) in [5, 5.41) is 0. The third-order valence-electron chi connectivity index (χ3n) is 21.5. The number of aromatic nitrogens is 5. The molecule has 0 spiro atoms. The molecule has 3 atom stereocenters. The Balaban J connectivity index is 0.000000127. The SMILES string of the molecule is CCC(C)c1ccc(-c2cc3ccccn3c2)cc1.CCC(CC(C)c1ccc(-c2cn3ccccc3c2-c2ccccc2)cc1)C(=O)OC.CCCOC(=O)c1ccc(-c2c(-c3ccc(C(=O)OC)cc3)cn3ccccc23)cc1.Cc1ccn2cc(-c3cccc(-c4cccc(-c5cc6cc(C)ccn6c5)c4)c3)cc2c1. The molecule has 0 fully saturated rings. The molecule has 564 valence electrons. The minimum absolute atomic E-state index is 0.0545. The minimum Gasteiger partial charge on any atom is -0.469 e. The van der Waals surface area contributed by atoms with E-state index in [9.17, 15) is 14.4 Å². The second kappa shape index (κ2) is 35.2. The van der Waals surface area contributed by atoms with Crippen molar-refractivity contribution in [3.05, 3.63) is 368 Å². The summed E-state index contributed by atoms with van der Waals surface area (Å²) in [6.45, 7) is 15.4. The predicted octanol–water partition coefficient (Wildman–Crippen LogP) is 25.5. The Morgan fingerprint density at radius 3 is 1.24 bits per heavy atom. The summed E-state index contributed by atoms with van der Waals surface area (Å²) in [5.74, 6) is 0.0928. The fourth-order valence-corrected chi connectivity index (χ4v) is 15.0. The number of methoxy groups -OCH3 is 2. The number of ether oxygens (including phenoxy) is 3. The maximum atomic E-state index is 12.1. The number of benzene rings is 7. The number of esters is 3. The zero-order chi connectivity index (χ0) is 78.5. The Labute approximate surface area is 662 Å². The van der Waals surface area contributed by atoms with Crippen molar-refractivity contribution in [2.75, 3.05) is 20.8 Å². The number of hydrogen-bond acceptors (Lipinski definition) is 6. The highest BCUT2D eigenvalue weighted by Crippen LogP contribution is 2.41. The van der Waals surface area contributed by atoms with Gasteiger partial charge < -0.3 is 36.2 Å². The van der Waals surface area contributed by atoms with Crippen molar-refractivity contribution in [3.63, 3.8) is 0 Å². The molecule has 11 heteroatoms. The first-order valence-electron chi connectivity index (χ1n) is 39.1. The van der Waals surface area contributed by atoms with Crippen molar-refractivity contribution in [2.45, 2.75) is 86.0 Å². The van der Waals surface area contributed by atoms with E-state index in [2.05, 4.69) is 325 Å². The van der Waals surface area contributed by atoms with Gasteiger partial charge in [-0.1, -0.05) is 192 Å². The molecule has 0 radical (unpaired) electrons. The Kier molecular flexibility index (Phi) is 23.8. The maximum absolute atomic E-state index is 12.1. The molecule has 0 bridgehead atoms. The maximum Gasteiger partial charge on any atom is 0.338 e. The number of nitrogens with zero attached hydrogens (tertiary/aromatic N) is 5. The van der Waals surface area contributed by atoms with E-state index >= 15 is 0 Å². The van der Waals surface area contributed by atoms with Crippen LogP contribution >= 0.6 is 0 Å². The van der Waals surface area contributed by atoms with Crippen LogP contribution in [-0.2, 0) is 19.0 Å². The average molecular weight is 1490 g/mol. The van der Waals surface area contributed by atoms with Crippen LogP contribution in [0.25, 0.3) is 117 Å². The van der Waals surface area contributed by atoms with Crippen LogP contribution in [0.2, 0.25) is 0 Å². The normalized spacial score (nSPS) is 11.9. The second-order valence-corrected chi connectivity index (χ2v) is 29.2. The molecule has 10 heterocycles. The summed E-state index contributed by atoms with van der Waals surface area (Å²) < 4.78 is 25.8. The topological polar surface area (TPSA) is 101 Å². The highest BCUT2D eigenvalue weighted by molar-refractivity contribution is 5.98. The fourth-order valence-electron chi connectivity index (χ4n) is 15.0. The molecule has 0 amide bonds. The molecule has 0 N–H and O–H groups in total. The number of rotatable bonds is 19. The molecule has 0 saturated carbocycles. The standard InChI is InChI=1S/C30H24N2.C28H29NO2.C26H23NO4.C18H19N/c1-21-9-11-31-19-27(17-29(31)13-21)25-7-3-5-23(15-25)24-6-4-8-26(16-24)28-18-30-14-22(2)10-12-32(30)20-28;1-4-21(28(30)31-3)18-20(2)22-13-15-23(16-14-22)25-19-29-17-9-8-12-26(29)27(25)24-10-6-5-7-11-24;1-3-16-31-26(29)21-13-9-19(10-14-21)24-22(17-27-15-5-4-6-23(24)27)18-7-11-20(12-8-18)25(28)30-2;1-3-14(2)15-7-9-16(10-8-15)17-12-18-6-4-5-11-19(18)13-17/h3-20H,1-2H3;5-17,19-21H,4,18H2,1-3H3;4-15,17H,3,16H2,1-2H3;4-14H,3H2,1-2H3. The largest absolute Gasteiger partial charge is 0.469 e. The van der Waals surface area contributed by atoms with Crippen molar-refractivity contribution in [1.29, 1.82) is 0 Å². The number of carbonyl (C=O) groups is 3. The van der Waals surface area contributed by atoms with Crippen molar-refractivity contribution in [3.8, 4) is 89.0 Å². The van der Waals surface area contributed by atoms with Crippen LogP contribution in [0.5, 0.6) is 0 Å². The Morgan fingerprint density at radius 1 is 0.336 bits per heavy atom. The van der Waals surface area contributed by atoms with Crippen LogP contribution in [0, 0.1) is 19.8 Å². The second-order valence-electron chi connectivity index (χ2n) is 29.2. The molecule has 17 rings (SSSR count). The summed E-state index contributed by atoms with van der Waals surface area (Å²) in [6.07, 6.45) is 24.9. The van der Waals surface area contributed by atoms with Crippen LogP contribution in [0.4, 0.5) is 0 Å². The zero-order valence-electron chi connectivity index (χ0n) is 65.7. The third kappa shape index (κ3) is 17.5. The van der Waals surface area contributed by atoms with E-state index < -0.39 is 0 Å². The molecular formula is C102H95N5O6. The van der Waals surface area contributed by atoms with Crippen LogP contribution in [0.15, 0.2) is 335 Å². The van der Waals surface area contributed by atoms with E-state index in [1.165, 1.54) is 132 Å². The molecule has 17 aromatic rings. The smallest absolute Gasteiger partial charge is 0.338 e. The molecule has 10 aromatic heterocycles. The molecule has 3 unspecified atom stereocenters. The van der Waals surface area contributed by atoms with Crippen LogP contribution in [-0.4, -0.2) is 60.7 Å². The van der Waals surface area contributed by atoms with Gasteiger partial charge in [-0.2, -0.15) is 0 Å². The number of fused-ring (bicyclic) bond motifs is 5. The van der Waals surface area contributed by atoms with Gasteiger partial charge in [-0.05, 0) is 239 Å². The molecule has 11 nitrogen and oxygen atoms in total. The highest BCUT2D eigenvalue weighted by atomic mass is 16.5. The van der Waals surface area contributed by atoms with E-state index in [1.807, 2.05) is 56.4 Å². The van der Waals surface area contributed by atoms with Gasteiger partial charge in [-0.3, -0.25) is 4.79 Å². The number of pyridine rings is 5. The lowest BCUT2D eigenvalue weighted by molar-refractivity contribution is -0.145. The fraction of sp³-hybridized carbons (Fsp3) is 0.167. The van der Waals surface area contributed by atoms with E-state index in [0.717, 1.165) is 47.0 Å². The number of carbonyl (C=O) groups excluding carboxylic acids is 3. The molecular weight excluding hydrogens is 1390 g/mol. The summed E-state index contributed by atoms with van der Waals surface area (Å²) >= 11 is 0. The van der Waals surface area contributed by atoms with Gasteiger partial charge in [0, 0.05) is 117 Å². The Bertz CT molecular complexity index is 5980. The van der Waals surface area contributed by atoms with Crippen LogP contribution in [0.1, 0.15) is 115 Å². The Hall–Kier alpha value is -13.3. The molecule has 0 aliphatic rings. The highest BCUT2D eigenvalue weighted by Gasteiger charge is 2.23. The average Bonchev–Trinajstić information content (AvgIpc) is 1.62. The van der Waals surface area contributed by atoms with Crippen molar-refractivity contribution in [2.24, 2.45) is 5.92 Å². The van der Waals surface area contributed by atoms with Crippen LogP contribution < -0.4 is 0 Å². The third-order valence-corrected chi connectivity index (χ3v) is 21.5.